The summed E-state index contributed by atoms with van der Waals surface area (Å²) in [7, 11) is 0. The first kappa shape index (κ1) is 16.1. The van der Waals surface area contributed by atoms with Crippen LogP contribution >= 0.6 is 12.2 Å². The van der Waals surface area contributed by atoms with Gasteiger partial charge in [-0.1, -0.05) is 0 Å². The molecule has 0 spiro atoms. The van der Waals surface area contributed by atoms with Crippen LogP contribution in [-0.4, -0.2) is 5.11 Å². The van der Waals surface area contributed by atoms with E-state index in [2.05, 4.69) is 23.7 Å². The van der Waals surface area contributed by atoms with Crippen LogP contribution in [-0.2, 0) is 17.1 Å². The van der Waals surface area contributed by atoms with Crippen molar-refractivity contribution in [3.63, 3.8) is 0 Å². The maximum atomic E-state index is 4.62. The Balaban J connectivity index is -0.0000000450. The molecule has 0 aromatic heterocycles. The smallest absolute Gasteiger partial charge is 1.00 e. The molecule has 0 aromatic carbocycles. The maximum absolute atomic E-state index is 4.62. The molecule has 4 N–H and O–H groups in total. The van der Waals surface area contributed by atoms with E-state index >= 15 is 0 Å². The number of hydrogen-bond donors (Lipinski definition) is 2. The SMILES string of the molecule is NC(N)=S.[Cl-].[Cu+]. The van der Waals surface area contributed by atoms with Gasteiger partial charge in [-0.05, 0) is 12.2 Å². The zero-order chi connectivity index (χ0) is 3.58. The van der Waals surface area contributed by atoms with Gasteiger partial charge in [0.25, 0.3) is 0 Å². The Morgan fingerprint density at radius 1 is 1.33 bits per heavy atom. The van der Waals surface area contributed by atoms with Gasteiger partial charge in [0, 0.05) is 0 Å². The van der Waals surface area contributed by atoms with Gasteiger partial charge in [-0.3, -0.25) is 0 Å². The second-order valence-corrected chi connectivity index (χ2v) is 0.874. The Bertz CT molecular complexity index is 36.5. The van der Waals surface area contributed by atoms with E-state index < -0.39 is 0 Å². The molecule has 0 rings (SSSR count). The second-order valence-electron chi connectivity index (χ2n) is 0.402. The minimum atomic E-state index is 0. The Hall–Kier alpha value is 0.499. The van der Waals surface area contributed by atoms with Crippen molar-refractivity contribution in [3.8, 4) is 0 Å². The van der Waals surface area contributed by atoms with Crippen LogP contribution in [0.3, 0.4) is 0 Å². The van der Waals surface area contributed by atoms with Crippen LogP contribution in [0.2, 0.25) is 0 Å². The molecule has 0 atom stereocenters. The van der Waals surface area contributed by atoms with Crippen LogP contribution in [0.15, 0.2) is 0 Å². The molecule has 42 valence electrons. The molecule has 0 radical (unpaired) electrons. The molecule has 0 amide bonds. The second kappa shape index (κ2) is 9.09. The van der Waals surface area contributed by atoms with Crippen molar-refractivity contribution in [1.82, 2.24) is 0 Å². The van der Waals surface area contributed by atoms with Crippen LogP contribution in [0, 0.1) is 0 Å². The molecule has 0 aliphatic rings. The van der Waals surface area contributed by atoms with Crippen LogP contribution in [0.4, 0.5) is 0 Å². The van der Waals surface area contributed by atoms with E-state index in [1.165, 1.54) is 0 Å². The number of hydrogen-bond acceptors (Lipinski definition) is 1. The number of rotatable bonds is 0. The molecular weight excluding hydrogens is 171 g/mol. The van der Waals surface area contributed by atoms with E-state index in [0.717, 1.165) is 0 Å². The third-order valence-electron chi connectivity index (χ3n) is 0. The van der Waals surface area contributed by atoms with E-state index in [1.54, 1.807) is 0 Å². The van der Waals surface area contributed by atoms with E-state index in [-0.39, 0.29) is 34.6 Å². The van der Waals surface area contributed by atoms with Gasteiger partial charge >= 0.3 is 17.1 Å². The third-order valence-corrected chi connectivity index (χ3v) is 0. The topological polar surface area (TPSA) is 52.0 Å². The summed E-state index contributed by atoms with van der Waals surface area (Å²) in [6, 6.07) is 0. The van der Waals surface area contributed by atoms with Gasteiger partial charge in [0.2, 0.25) is 0 Å². The Kier molecular flexibility index (Phi) is 24.3. The standard InChI is InChI=1S/CH4N2S.ClH.Cu/c2-1(3)4;;/h(H4,2,3,4);1H;/q;;+1/p-1. The van der Waals surface area contributed by atoms with Crippen LogP contribution in [0.1, 0.15) is 0 Å². The van der Waals surface area contributed by atoms with E-state index in [4.69, 9.17) is 0 Å². The van der Waals surface area contributed by atoms with Crippen molar-refractivity contribution in [2.75, 3.05) is 0 Å². The quantitative estimate of drug-likeness (QED) is 0.293. The summed E-state index contributed by atoms with van der Waals surface area (Å²) >= 11 is 4.09. The Labute approximate surface area is 58.5 Å². The minimum absolute atomic E-state index is 0. The minimum Gasteiger partial charge on any atom is -1.00 e. The third kappa shape index (κ3) is 221. The summed E-state index contributed by atoms with van der Waals surface area (Å²) in [5.41, 5.74) is 9.24. The zero-order valence-corrected chi connectivity index (χ0v) is 5.26. The Morgan fingerprint density at radius 3 is 1.33 bits per heavy atom. The molecule has 5 heteroatoms. The summed E-state index contributed by atoms with van der Waals surface area (Å²) in [6.07, 6.45) is 0. The summed E-state index contributed by atoms with van der Waals surface area (Å²) in [5.74, 6) is 0. The summed E-state index contributed by atoms with van der Waals surface area (Å²) in [5, 5.41) is 0.000000000000000222. The van der Waals surface area contributed by atoms with Gasteiger partial charge in [0.15, 0.2) is 5.11 Å². The monoisotopic (exact) mass is 174 g/mol. The van der Waals surface area contributed by atoms with Crippen molar-refractivity contribution < 1.29 is 29.5 Å². The van der Waals surface area contributed by atoms with Gasteiger partial charge in [0.05, 0.1) is 0 Å². The molecule has 0 saturated carbocycles. The molecule has 0 heterocycles. The number of nitrogens with two attached hydrogens (primary N) is 2. The van der Waals surface area contributed by atoms with E-state index in [1.807, 2.05) is 0 Å². The predicted molar refractivity (Wildman–Crippen MR) is 21.0 cm³/mol. The van der Waals surface area contributed by atoms with E-state index in [0.29, 0.717) is 0 Å². The first-order valence-corrected chi connectivity index (χ1v) is 1.19. The molecule has 0 aliphatic carbocycles. The fraction of sp³-hybridized carbons (Fsp3) is 0. The molecule has 0 aromatic rings. The molecular formula is CH4ClCuN2S. The van der Waals surface area contributed by atoms with Crippen molar-refractivity contribution in [1.29, 1.82) is 0 Å². The largest absolute Gasteiger partial charge is 1.00 e. The van der Waals surface area contributed by atoms with Crippen molar-refractivity contribution in [3.05, 3.63) is 0 Å². The van der Waals surface area contributed by atoms with Crippen molar-refractivity contribution >= 4 is 17.3 Å². The van der Waals surface area contributed by atoms with Gasteiger partial charge in [-0.25, -0.2) is 0 Å². The molecule has 0 bridgehead atoms. The van der Waals surface area contributed by atoms with Gasteiger partial charge < -0.3 is 23.9 Å². The average molecular weight is 175 g/mol. The fourth-order valence-electron chi connectivity index (χ4n) is 0. The zero-order valence-electron chi connectivity index (χ0n) is 2.74. The molecule has 0 fully saturated rings. The predicted octanol–water partition coefficient (Wildman–Crippen LogP) is -3.81. The molecule has 0 aliphatic heterocycles. The molecule has 2 nitrogen and oxygen atoms in total. The first-order chi connectivity index (χ1) is 1.73. The molecule has 0 unspecified atom stereocenters. The first-order valence-electron chi connectivity index (χ1n) is 0.781. The van der Waals surface area contributed by atoms with Crippen LogP contribution < -0.4 is 23.9 Å². The van der Waals surface area contributed by atoms with Gasteiger partial charge in [-0.15, -0.1) is 0 Å². The van der Waals surface area contributed by atoms with Crippen LogP contribution in [0.5, 0.6) is 0 Å². The maximum Gasteiger partial charge on any atom is 1.00 e. The molecule has 6 heavy (non-hydrogen) atoms. The van der Waals surface area contributed by atoms with Crippen molar-refractivity contribution in [2.24, 2.45) is 11.5 Å². The Morgan fingerprint density at radius 2 is 1.33 bits per heavy atom. The average Bonchev–Trinajstić information content (AvgIpc) is 0.811. The van der Waals surface area contributed by atoms with E-state index in [9.17, 15) is 0 Å². The number of thiocarbonyl (C=S) groups is 1. The normalized spacial score (nSPS) is 4.00. The molecule has 0 saturated heterocycles. The summed E-state index contributed by atoms with van der Waals surface area (Å²) < 4.78 is 0. The summed E-state index contributed by atoms with van der Waals surface area (Å²) in [6.45, 7) is 0. The van der Waals surface area contributed by atoms with Gasteiger partial charge in [-0.2, -0.15) is 0 Å². The van der Waals surface area contributed by atoms with Crippen LogP contribution in [0.25, 0.3) is 0 Å². The van der Waals surface area contributed by atoms with Crippen molar-refractivity contribution in [2.45, 2.75) is 0 Å². The fourth-order valence-corrected chi connectivity index (χ4v) is 0. The van der Waals surface area contributed by atoms with Gasteiger partial charge in [0.1, 0.15) is 0 Å². The summed E-state index contributed by atoms with van der Waals surface area (Å²) in [4.78, 5) is 0. The number of halogens is 1.